The first-order chi connectivity index (χ1) is 15.8. The van der Waals surface area contributed by atoms with Gasteiger partial charge in [0.15, 0.2) is 11.6 Å². The van der Waals surface area contributed by atoms with Gasteiger partial charge < -0.3 is 20.3 Å². The number of aromatic nitrogens is 3. The third-order valence-corrected chi connectivity index (χ3v) is 6.23. The zero-order valence-corrected chi connectivity index (χ0v) is 18.2. The standard InChI is InChI=1S/C26H29N5O/c32-18-17-31-25(23-5-1-19(2-6-23)21-9-13-27-14-10-21)29-30-26(31)24-7-3-20(4-8-24)22-11-15-28-16-12-22/h1-9,11,27-28,32H,10,12-18H2. The van der Waals surface area contributed by atoms with Crippen molar-refractivity contribution < 1.29 is 5.11 Å². The van der Waals surface area contributed by atoms with Crippen molar-refractivity contribution in [1.29, 1.82) is 0 Å². The van der Waals surface area contributed by atoms with Crippen molar-refractivity contribution in [2.45, 2.75) is 19.4 Å². The Morgan fingerprint density at radius 1 is 0.688 bits per heavy atom. The Hall–Kier alpha value is -3.06. The summed E-state index contributed by atoms with van der Waals surface area (Å²) < 4.78 is 2.01. The number of nitrogens with zero attached hydrogens (tertiary/aromatic N) is 3. The second-order valence-corrected chi connectivity index (χ2v) is 8.24. The highest BCUT2D eigenvalue weighted by molar-refractivity contribution is 5.72. The number of aliphatic hydroxyl groups excluding tert-OH is 1. The first-order valence-corrected chi connectivity index (χ1v) is 11.4. The average molecular weight is 428 g/mol. The highest BCUT2D eigenvalue weighted by Crippen LogP contribution is 2.28. The zero-order chi connectivity index (χ0) is 21.8. The summed E-state index contributed by atoms with van der Waals surface area (Å²) in [4.78, 5) is 0. The highest BCUT2D eigenvalue weighted by Gasteiger charge is 2.16. The molecule has 1 aromatic heterocycles. The van der Waals surface area contributed by atoms with Crippen LogP contribution < -0.4 is 10.6 Å². The Balaban J connectivity index is 1.43. The Kier molecular flexibility index (Phi) is 6.25. The summed E-state index contributed by atoms with van der Waals surface area (Å²) >= 11 is 0. The topological polar surface area (TPSA) is 75.0 Å². The molecule has 0 amide bonds. The molecule has 0 aliphatic carbocycles. The molecular weight excluding hydrogens is 398 g/mol. The monoisotopic (exact) mass is 427 g/mol. The molecule has 0 radical (unpaired) electrons. The molecule has 0 saturated carbocycles. The molecule has 2 aromatic carbocycles. The fourth-order valence-electron chi connectivity index (χ4n) is 4.48. The molecule has 0 fully saturated rings. The molecule has 3 heterocycles. The molecule has 5 rings (SSSR count). The van der Waals surface area contributed by atoms with E-state index in [2.05, 4.69) is 81.5 Å². The van der Waals surface area contributed by atoms with Crippen molar-refractivity contribution in [2.24, 2.45) is 0 Å². The van der Waals surface area contributed by atoms with Crippen LogP contribution in [-0.4, -0.2) is 52.7 Å². The minimum Gasteiger partial charge on any atom is -0.395 e. The molecule has 0 unspecified atom stereocenters. The van der Waals surface area contributed by atoms with Crippen LogP contribution in [0.3, 0.4) is 0 Å². The molecule has 2 aliphatic rings. The Morgan fingerprint density at radius 2 is 1.12 bits per heavy atom. The maximum Gasteiger partial charge on any atom is 0.164 e. The SMILES string of the molecule is OCCn1c(-c2ccc(C3=CCNCC3)cc2)nnc1-c1ccc(C2=CCNCC2)cc1. The van der Waals surface area contributed by atoms with Crippen molar-refractivity contribution in [3.05, 3.63) is 71.8 Å². The van der Waals surface area contributed by atoms with Gasteiger partial charge in [-0.25, -0.2) is 0 Å². The summed E-state index contributed by atoms with van der Waals surface area (Å²) in [6.07, 6.45) is 6.62. The molecule has 6 nitrogen and oxygen atoms in total. The zero-order valence-electron chi connectivity index (χ0n) is 18.2. The smallest absolute Gasteiger partial charge is 0.164 e. The Bertz CT molecular complexity index is 1040. The van der Waals surface area contributed by atoms with E-state index in [1.807, 2.05) is 4.57 Å². The minimum atomic E-state index is 0.0357. The number of nitrogens with one attached hydrogen (secondary N) is 2. The normalized spacial score (nSPS) is 16.5. The fourth-order valence-corrected chi connectivity index (χ4v) is 4.48. The van der Waals surface area contributed by atoms with E-state index in [0.29, 0.717) is 6.54 Å². The van der Waals surface area contributed by atoms with E-state index in [0.717, 1.165) is 61.8 Å². The van der Waals surface area contributed by atoms with Crippen molar-refractivity contribution in [2.75, 3.05) is 32.8 Å². The average Bonchev–Trinajstić information content (AvgIpc) is 3.29. The van der Waals surface area contributed by atoms with Gasteiger partial charge in [-0.15, -0.1) is 10.2 Å². The van der Waals surface area contributed by atoms with E-state index >= 15 is 0 Å². The summed E-state index contributed by atoms with van der Waals surface area (Å²) in [5, 5.41) is 25.4. The lowest BCUT2D eigenvalue weighted by atomic mass is 9.99. The van der Waals surface area contributed by atoms with Crippen LogP contribution in [0.1, 0.15) is 24.0 Å². The number of rotatable bonds is 6. The molecule has 2 aliphatic heterocycles. The molecule has 6 heteroatoms. The van der Waals surface area contributed by atoms with E-state index in [4.69, 9.17) is 0 Å². The number of aliphatic hydroxyl groups is 1. The van der Waals surface area contributed by atoms with Crippen LogP contribution in [0.5, 0.6) is 0 Å². The molecule has 3 N–H and O–H groups in total. The first-order valence-electron chi connectivity index (χ1n) is 11.4. The van der Waals surface area contributed by atoms with Crippen LogP contribution in [0.2, 0.25) is 0 Å². The predicted molar refractivity (Wildman–Crippen MR) is 129 cm³/mol. The van der Waals surface area contributed by atoms with Crippen LogP contribution in [0.25, 0.3) is 33.9 Å². The Morgan fingerprint density at radius 3 is 1.50 bits per heavy atom. The second kappa shape index (κ2) is 9.61. The van der Waals surface area contributed by atoms with Gasteiger partial charge in [-0.1, -0.05) is 60.7 Å². The van der Waals surface area contributed by atoms with Crippen molar-refractivity contribution in [1.82, 2.24) is 25.4 Å². The number of hydrogen-bond donors (Lipinski definition) is 3. The maximum atomic E-state index is 9.71. The molecule has 0 atom stereocenters. The molecule has 0 spiro atoms. The van der Waals surface area contributed by atoms with Gasteiger partial charge in [-0.3, -0.25) is 0 Å². The third kappa shape index (κ3) is 4.30. The largest absolute Gasteiger partial charge is 0.395 e. The number of benzene rings is 2. The van der Waals surface area contributed by atoms with Crippen molar-refractivity contribution >= 4 is 11.1 Å². The molecule has 3 aromatic rings. The summed E-state index contributed by atoms with van der Waals surface area (Å²) in [5.74, 6) is 1.56. The van der Waals surface area contributed by atoms with Crippen molar-refractivity contribution in [3.63, 3.8) is 0 Å². The molecule has 0 bridgehead atoms. The highest BCUT2D eigenvalue weighted by atomic mass is 16.3. The van der Waals surface area contributed by atoms with Crippen LogP contribution in [0.4, 0.5) is 0 Å². The Labute approximate surface area is 188 Å². The summed E-state index contributed by atoms with van der Waals surface area (Å²) in [7, 11) is 0. The molecule has 32 heavy (non-hydrogen) atoms. The maximum absolute atomic E-state index is 9.71. The second-order valence-electron chi connectivity index (χ2n) is 8.24. The van der Waals surface area contributed by atoms with Gasteiger partial charge in [0.1, 0.15) is 0 Å². The van der Waals surface area contributed by atoms with E-state index in [1.54, 1.807) is 0 Å². The van der Waals surface area contributed by atoms with Gasteiger partial charge in [-0.2, -0.15) is 0 Å². The number of hydrogen-bond acceptors (Lipinski definition) is 5. The quantitative estimate of drug-likeness (QED) is 0.563. The van der Waals surface area contributed by atoms with E-state index in [-0.39, 0.29) is 6.61 Å². The van der Waals surface area contributed by atoms with Crippen LogP contribution >= 0.6 is 0 Å². The molecular formula is C26H29N5O. The lowest BCUT2D eigenvalue weighted by Gasteiger charge is -2.15. The molecule has 164 valence electrons. The van der Waals surface area contributed by atoms with Gasteiger partial charge >= 0.3 is 0 Å². The summed E-state index contributed by atoms with van der Waals surface area (Å²) in [6.45, 7) is 4.39. The van der Waals surface area contributed by atoms with Crippen LogP contribution in [0, 0.1) is 0 Å². The van der Waals surface area contributed by atoms with Gasteiger partial charge in [0, 0.05) is 30.8 Å². The van der Waals surface area contributed by atoms with Gasteiger partial charge in [0.25, 0.3) is 0 Å². The molecule has 0 saturated heterocycles. The lowest BCUT2D eigenvalue weighted by molar-refractivity contribution is 0.277. The predicted octanol–water partition coefficient (Wildman–Crippen LogP) is 3.36. The van der Waals surface area contributed by atoms with Crippen LogP contribution in [-0.2, 0) is 6.54 Å². The van der Waals surface area contributed by atoms with E-state index in [9.17, 15) is 5.11 Å². The van der Waals surface area contributed by atoms with Crippen molar-refractivity contribution in [3.8, 4) is 22.8 Å². The van der Waals surface area contributed by atoms with E-state index < -0.39 is 0 Å². The van der Waals surface area contributed by atoms with E-state index in [1.165, 1.54) is 22.3 Å². The minimum absolute atomic E-state index is 0.0357. The summed E-state index contributed by atoms with van der Waals surface area (Å²) in [5.41, 5.74) is 7.30. The lowest BCUT2D eigenvalue weighted by Crippen LogP contribution is -2.19. The summed E-state index contributed by atoms with van der Waals surface area (Å²) in [6, 6.07) is 17.0. The first kappa shape index (κ1) is 20.8. The van der Waals surface area contributed by atoms with Crippen LogP contribution in [0.15, 0.2) is 60.7 Å². The van der Waals surface area contributed by atoms with Gasteiger partial charge in [0.05, 0.1) is 6.61 Å². The van der Waals surface area contributed by atoms with Gasteiger partial charge in [0.2, 0.25) is 0 Å². The fraction of sp³-hybridized carbons (Fsp3) is 0.308. The third-order valence-electron chi connectivity index (χ3n) is 6.23. The van der Waals surface area contributed by atoms with Gasteiger partial charge in [-0.05, 0) is 48.2 Å².